The molecule has 34 heavy (non-hydrogen) atoms. The highest BCUT2D eigenvalue weighted by Crippen LogP contribution is 2.36. The van der Waals surface area contributed by atoms with Gasteiger partial charge < -0.3 is 15.4 Å². The van der Waals surface area contributed by atoms with Gasteiger partial charge in [0, 0.05) is 17.5 Å². The molecule has 0 saturated carbocycles. The third-order valence-electron chi connectivity index (χ3n) is 5.79. The molecular weight excluding hydrogens is 449 g/mol. The number of carbonyl (C=O) groups is 1. The molecule has 5 rings (SSSR count). The predicted octanol–water partition coefficient (Wildman–Crippen LogP) is 4.05. The van der Waals surface area contributed by atoms with Gasteiger partial charge in [0.25, 0.3) is 0 Å². The predicted molar refractivity (Wildman–Crippen MR) is 120 cm³/mol. The minimum atomic E-state index is -4.61. The number of nitrogens with zero attached hydrogens (tertiary/aromatic N) is 4. The Morgan fingerprint density at radius 2 is 1.91 bits per heavy atom. The summed E-state index contributed by atoms with van der Waals surface area (Å²) in [6.07, 6.45) is -2.47. The molecule has 0 aliphatic carbocycles. The molecule has 0 radical (unpaired) electrons. The second-order valence-corrected chi connectivity index (χ2v) is 8.02. The van der Waals surface area contributed by atoms with Crippen molar-refractivity contribution in [3.63, 3.8) is 0 Å². The first kappa shape index (κ1) is 21.9. The number of hydrogen-bond donors (Lipinski definition) is 2. The van der Waals surface area contributed by atoms with Crippen LogP contribution in [-0.4, -0.2) is 45.2 Å². The SMILES string of the molecule is COc1ccc(-c2nc3c4cccc(C(F)(F)F)c4nc(N[C@@H]4CCCCNC4=O)n3n2)cc1. The molecule has 1 amide bonds. The van der Waals surface area contributed by atoms with Crippen molar-refractivity contribution in [2.75, 3.05) is 19.0 Å². The van der Waals surface area contributed by atoms with E-state index in [0.717, 1.165) is 18.9 Å². The zero-order valence-electron chi connectivity index (χ0n) is 18.2. The molecule has 2 N–H and O–H groups in total. The van der Waals surface area contributed by atoms with Crippen molar-refractivity contribution < 1.29 is 22.7 Å². The largest absolute Gasteiger partial charge is 0.497 e. The van der Waals surface area contributed by atoms with E-state index in [4.69, 9.17) is 4.74 Å². The average Bonchev–Trinajstić information content (AvgIpc) is 3.18. The van der Waals surface area contributed by atoms with Crippen molar-refractivity contribution in [2.45, 2.75) is 31.5 Å². The lowest BCUT2D eigenvalue weighted by Crippen LogP contribution is -2.38. The lowest BCUT2D eigenvalue weighted by Gasteiger charge is -2.17. The van der Waals surface area contributed by atoms with Crippen LogP contribution in [-0.2, 0) is 11.0 Å². The number of halogens is 3. The second kappa shape index (κ2) is 8.47. The van der Waals surface area contributed by atoms with Gasteiger partial charge in [0.2, 0.25) is 11.9 Å². The quantitative estimate of drug-likeness (QED) is 0.468. The van der Waals surface area contributed by atoms with E-state index in [1.165, 1.54) is 16.6 Å². The van der Waals surface area contributed by atoms with Crippen molar-refractivity contribution in [2.24, 2.45) is 0 Å². The molecule has 11 heteroatoms. The summed E-state index contributed by atoms with van der Waals surface area (Å²) in [4.78, 5) is 21.3. The van der Waals surface area contributed by atoms with Gasteiger partial charge in [0.15, 0.2) is 11.5 Å². The first-order valence-electron chi connectivity index (χ1n) is 10.8. The Morgan fingerprint density at radius 3 is 2.65 bits per heavy atom. The highest BCUT2D eigenvalue weighted by Gasteiger charge is 2.34. The van der Waals surface area contributed by atoms with E-state index < -0.39 is 17.8 Å². The Balaban J connectivity index is 1.71. The van der Waals surface area contributed by atoms with Gasteiger partial charge in [-0.3, -0.25) is 4.79 Å². The van der Waals surface area contributed by atoms with Crippen LogP contribution in [0.15, 0.2) is 42.5 Å². The summed E-state index contributed by atoms with van der Waals surface area (Å²) in [6.45, 7) is 0.556. The van der Waals surface area contributed by atoms with E-state index in [1.54, 1.807) is 31.4 Å². The minimum Gasteiger partial charge on any atom is -0.497 e. The van der Waals surface area contributed by atoms with Crippen LogP contribution in [0.4, 0.5) is 19.1 Å². The highest BCUT2D eigenvalue weighted by atomic mass is 19.4. The molecule has 8 nitrogen and oxygen atoms in total. The number of rotatable bonds is 4. The van der Waals surface area contributed by atoms with Crippen LogP contribution in [0.1, 0.15) is 24.8 Å². The van der Waals surface area contributed by atoms with Crippen molar-refractivity contribution in [1.29, 1.82) is 0 Å². The van der Waals surface area contributed by atoms with Crippen LogP contribution in [0.25, 0.3) is 27.9 Å². The van der Waals surface area contributed by atoms with Crippen molar-refractivity contribution in [1.82, 2.24) is 24.9 Å². The zero-order chi connectivity index (χ0) is 23.9. The first-order chi connectivity index (χ1) is 16.3. The molecule has 1 fully saturated rings. The Morgan fingerprint density at radius 1 is 1.12 bits per heavy atom. The Hall–Kier alpha value is -3.89. The van der Waals surface area contributed by atoms with Crippen LogP contribution < -0.4 is 15.4 Å². The lowest BCUT2D eigenvalue weighted by molar-refractivity contribution is -0.136. The monoisotopic (exact) mass is 470 g/mol. The molecule has 0 bridgehead atoms. The van der Waals surface area contributed by atoms with E-state index in [0.29, 0.717) is 30.1 Å². The van der Waals surface area contributed by atoms with Gasteiger partial charge in [-0.15, -0.1) is 5.10 Å². The second-order valence-electron chi connectivity index (χ2n) is 8.02. The number of aromatic nitrogens is 4. The molecule has 1 aliphatic rings. The summed E-state index contributed by atoms with van der Waals surface area (Å²) in [5.41, 5.74) is -0.274. The number of methoxy groups -OCH3 is 1. The third kappa shape index (κ3) is 3.97. The molecule has 1 aliphatic heterocycles. The third-order valence-corrected chi connectivity index (χ3v) is 5.79. The molecule has 1 atom stereocenters. The number of carbonyl (C=O) groups excluding carboxylic acids is 1. The van der Waals surface area contributed by atoms with E-state index in [-0.39, 0.29) is 28.4 Å². The van der Waals surface area contributed by atoms with Crippen molar-refractivity contribution in [3.05, 3.63) is 48.0 Å². The van der Waals surface area contributed by atoms with Crippen LogP contribution in [0.5, 0.6) is 5.75 Å². The number of para-hydroxylation sites is 1. The van der Waals surface area contributed by atoms with E-state index in [9.17, 15) is 18.0 Å². The number of alkyl halides is 3. The maximum Gasteiger partial charge on any atom is 0.418 e. The number of nitrogens with one attached hydrogen (secondary N) is 2. The number of fused-ring (bicyclic) bond motifs is 3. The van der Waals surface area contributed by atoms with Gasteiger partial charge >= 0.3 is 6.18 Å². The van der Waals surface area contributed by atoms with Crippen LogP contribution >= 0.6 is 0 Å². The summed E-state index contributed by atoms with van der Waals surface area (Å²) in [5.74, 6) is 0.750. The molecule has 2 aromatic heterocycles. The molecule has 4 aromatic rings. The fourth-order valence-electron chi connectivity index (χ4n) is 4.05. The zero-order valence-corrected chi connectivity index (χ0v) is 18.2. The van der Waals surface area contributed by atoms with E-state index in [1.807, 2.05) is 0 Å². The summed E-state index contributed by atoms with van der Waals surface area (Å²) in [6, 6.07) is 10.2. The van der Waals surface area contributed by atoms with Crippen molar-refractivity contribution in [3.8, 4) is 17.1 Å². The van der Waals surface area contributed by atoms with Gasteiger partial charge in [-0.1, -0.05) is 6.07 Å². The van der Waals surface area contributed by atoms with E-state index >= 15 is 0 Å². The van der Waals surface area contributed by atoms with Gasteiger partial charge in [0.05, 0.1) is 18.2 Å². The van der Waals surface area contributed by atoms with Gasteiger partial charge in [-0.05, 0) is 55.7 Å². The molecule has 0 spiro atoms. The summed E-state index contributed by atoms with van der Waals surface area (Å²) < 4.78 is 47.9. The van der Waals surface area contributed by atoms with Gasteiger partial charge in [0.1, 0.15) is 11.8 Å². The van der Waals surface area contributed by atoms with Crippen molar-refractivity contribution >= 4 is 28.4 Å². The Labute approximate surface area is 192 Å². The normalized spacial score (nSPS) is 16.9. The number of ether oxygens (including phenoxy) is 1. The molecule has 3 heterocycles. The highest BCUT2D eigenvalue weighted by molar-refractivity contribution is 5.95. The number of hydrogen-bond acceptors (Lipinski definition) is 6. The molecular formula is C23H21F3N6O2. The number of amides is 1. The summed E-state index contributed by atoms with van der Waals surface area (Å²) in [5, 5.41) is 10.6. The maximum atomic E-state index is 13.8. The number of anilines is 1. The topological polar surface area (TPSA) is 93.4 Å². The lowest BCUT2D eigenvalue weighted by atomic mass is 10.1. The molecule has 1 saturated heterocycles. The van der Waals surface area contributed by atoms with E-state index in [2.05, 4.69) is 25.7 Å². The Bertz CT molecular complexity index is 1370. The first-order valence-corrected chi connectivity index (χ1v) is 10.8. The fraction of sp³-hybridized carbons (Fsp3) is 0.304. The van der Waals surface area contributed by atoms with Crippen LogP contribution in [0.3, 0.4) is 0 Å². The minimum absolute atomic E-state index is 0.0218. The fourth-order valence-corrected chi connectivity index (χ4v) is 4.05. The standard InChI is InChI=1S/C23H21F3N6O2/c1-34-14-10-8-13(9-11-14)19-30-20-15-5-4-6-16(23(24,25)26)18(15)29-22(32(20)31-19)28-17-7-2-3-12-27-21(17)33/h4-6,8-11,17H,2-3,7,12H2,1H3,(H,27,33)(H,28,29)/t17-/m1/s1. The average molecular weight is 470 g/mol. The molecule has 0 unspecified atom stereocenters. The summed E-state index contributed by atoms with van der Waals surface area (Å²) in [7, 11) is 1.55. The van der Waals surface area contributed by atoms with Gasteiger partial charge in [-0.2, -0.15) is 17.7 Å². The molecule has 176 valence electrons. The van der Waals surface area contributed by atoms with Crippen LogP contribution in [0.2, 0.25) is 0 Å². The number of benzene rings is 2. The van der Waals surface area contributed by atoms with Gasteiger partial charge in [-0.25, -0.2) is 9.97 Å². The summed E-state index contributed by atoms with van der Waals surface area (Å²) >= 11 is 0. The molecule has 2 aromatic carbocycles. The van der Waals surface area contributed by atoms with Crippen LogP contribution in [0, 0.1) is 0 Å². The smallest absolute Gasteiger partial charge is 0.418 e. The Kier molecular flexibility index (Phi) is 5.46. The maximum absolute atomic E-state index is 13.8.